The van der Waals surface area contributed by atoms with E-state index in [4.69, 9.17) is 12.2 Å². The van der Waals surface area contributed by atoms with Crippen molar-refractivity contribution >= 4 is 30.2 Å². The minimum absolute atomic E-state index is 0.589. The summed E-state index contributed by atoms with van der Waals surface area (Å²) in [5.41, 5.74) is 3.57. The molecule has 0 unspecified atom stereocenters. The molecule has 0 radical (unpaired) electrons. The molecule has 0 bridgehead atoms. The van der Waals surface area contributed by atoms with Crippen LogP contribution in [0.4, 0.5) is 0 Å². The number of carbonyl (C=O) groups is 2. The summed E-state index contributed by atoms with van der Waals surface area (Å²) in [7, 11) is 0. The second-order valence-electron chi connectivity index (χ2n) is 3.88. The molecule has 0 N–H and O–H groups in total. The summed E-state index contributed by atoms with van der Waals surface area (Å²) >= 11 is 4.78. The molecular formula is C16H14O2S. The first-order valence-corrected chi connectivity index (χ1v) is 6.19. The maximum absolute atomic E-state index is 10.1. The smallest absolute Gasteiger partial charge is 0.150 e. The van der Waals surface area contributed by atoms with Gasteiger partial charge in [0.1, 0.15) is 12.6 Å². The molecule has 0 aliphatic rings. The van der Waals surface area contributed by atoms with Crippen LogP contribution in [-0.2, 0) is 0 Å². The van der Waals surface area contributed by atoms with Crippen LogP contribution in [0.15, 0.2) is 48.5 Å². The summed E-state index contributed by atoms with van der Waals surface area (Å²) in [5, 5.41) is 1.70. The van der Waals surface area contributed by atoms with Crippen molar-refractivity contribution in [1.29, 1.82) is 0 Å². The van der Waals surface area contributed by atoms with E-state index in [2.05, 4.69) is 13.0 Å². The highest BCUT2D eigenvalue weighted by atomic mass is 32.1. The first kappa shape index (κ1) is 14.9. The van der Waals surface area contributed by atoms with E-state index in [0.717, 1.165) is 18.1 Å². The first-order valence-electron chi connectivity index (χ1n) is 5.72. The molecule has 0 saturated carbocycles. The molecule has 0 aromatic heterocycles. The van der Waals surface area contributed by atoms with E-state index < -0.39 is 0 Å². The van der Waals surface area contributed by atoms with Gasteiger partial charge in [-0.25, -0.2) is 0 Å². The van der Waals surface area contributed by atoms with Gasteiger partial charge in [0.2, 0.25) is 0 Å². The summed E-state index contributed by atoms with van der Waals surface area (Å²) < 4.78 is 0. The fraction of sp³-hybridized carbons (Fsp3) is 0.0625. The van der Waals surface area contributed by atoms with Crippen molar-refractivity contribution in [3.8, 4) is 0 Å². The standard InChI is InChI=1S/C8H6O2.C8H8S/c9-5-7-1-2-8(6-10)4-3-7;1-7-4-2-3-5-8(7)6-9/h1-6H;2-6H,1H3. The highest BCUT2D eigenvalue weighted by Crippen LogP contribution is 2.02. The molecule has 3 heteroatoms. The molecule has 2 nitrogen and oxygen atoms in total. The fourth-order valence-electron chi connectivity index (χ4n) is 1.37. The Hall–Kier alpha value is -2.13. The second kappa shape index (κ2) is 8.06. The van der Waals surface area contributed by atoms with Crippen molar-refractivity contribution in [2.45, 2.75) is 6.92 Å². The Balaban J connectivity index is 0.000000191. The van der Waals surface area contributed by atoms with Gasteiger partial charge < -0.3 is 0 Å². The van der Waals surface area contributed by atoms with Crippen LogP contribution in [0.3, 0.4) is 0 Å². The van der Waals surface area contributed by atoms with Gasteiger partial charge in [0.25, 0.3) is 0 Å². The molecule has 2 aromatic rings. The van der Waals surface area contributed by atoms with E-state index in [0.29, 0.717) is 11.1 Å². The van der Waals surface area contributed by atoms with Gasteiger partial charge in [-0.2, -0.15) is 0 Å². The number of hydrogen-bond acceptors (Lipinski definition) is 3. The predicted molar refractivity (Wildman–Crippen MR) is 81.2 cm³/mol. The molecule has 0 amide bonds. The lowest BCUT2D eigenvalue weighted by atomic mass is 10.1. The number of benzene rings is 2. The van der Waals surface area contributed by atoms with Crippen LogP contribution in [0.25, 0.3) is 0 Å². The van der Waals surface area contributed by atoms with E-state index in [1.165, 1.54) is 5.56 Å². The highest BCUT2D eigenvalue weighted by molar-refractivity contribution is 7.79. The van der Waals surface area contributed by atoms with E-state index in [1.807, 2.05) is 18.2 Å². The third kappa shape index (κ3) is 4.94. The number of rotatable bonds is 3. The third-order valence-electron chi connectivity index (χ3n) is 2.52. The van der Waals surface area contributed by atoms with Gasteiger partial charge in [-0.3, -0.25) is 9.59 Å². The molecule has 0 saturated heterocycles. The van der Waals surface area contributed by atoms with Crippen LogP contribution in [0, 0.1) is 6.92 Å². The lowest BCUT2D eigenvalue weighted by Crippen LogP contribution is -1.81. The summed E-state index contributed by atoms with van der Waals surface area (Å²) in [4.78, 5) is 20.2. The molecule has 0 aliphatic carbocycles. The lowest BCUT2D eigenvalue weighted by molar-refractivity contribution is 0.111. The SMILES string of the molecule is Cc1ccccc1C=S.O=Cc1ccc(C=O)cc1. The predicted octanol–water partition coefficient (Wildman–Crippen LogP) is 3.65. The van der Waals surface area contributed by atoms with Crippen LogP contribution in [0.1, 0.15) is 31.8 Å². The van der Waals surface area contributed by atoms with Gasteiger partial charge in [-0.1, -0.05) is 60.7 Å². The third-order valence-corrected chi connectivity index (χ3v) is 2.78. The number of aldehydes is 2. The average molecular weight is 270 g/mol. The van der Waals surface area contributed by atoms with Crippen molar-refractivity contribution in [1.82, 2.24) is 0 Å². The highest BCUT2D eigenvalue weighted by Gasteiger charge is 1.89. The van der Waals surface area contributed by atoms with E-state index in [-0.39, 0.29) is 0 Å². The fourth-order valence-corrected chi connectivity index (χ4v) is 1.64. The molecule has 0 spiro atoms. The van der Waals surface area contributed by atoms with E-state index in [9.17, 15) is 9.59 Å². The zero-order valence-electron chi connectivity index (χ0n) is 10.6. The van der Waals surface area contributed by atoms with Crippen LogP contribution < -0.4 is 0 Å². The summed E-state index contributed by atoms with van der Waals surface area (Å²) in [5.74, 6) is 0. The summed E-state index contributed by atoms with van der Waals surface area (Å²) in [6.07, 6.45) is 1.49. The quantitative estimate of drug-likeness (QED) is 0.630. The Morgan fingerprint density at radius 2 is 1.32 bits per heavy atom. The Morgan fingerprint density at radius 3 is 1.63 bits per heavy atom. The second-order valence-corrected chi connectivity index (χ2v) is 4.11. The van der Waals surface area contributed by atoms with Crippen molar-refractivity contribution in [2.24, 2.45) is 0 Å². The van der Waals surface area contributed by atoms with Crippen molar-refractivity contribution in [2.75, 3.05) is 0 Å². The minimum Gasteiger partial charge on any atom is -0.298 e. The van der Waals surface area contributed by atoms with E-state index >= 15 is 0 Å². The molecule has 0 aliphatic heterocycles. The maximum atomic E-state index is 10.1. The van der Waals surface area contributed by atoms with Crippen LogP contribution in [-0.4, -0.2) is 17.9 Å². The van der Waals surface area contributed by atoms with Gasteiger partial charge >= 0.3 is 0 Å². The number of thiocarbonyl (C=S) groups is 1. The van der Waals surface area contributed by atoms with Gasteiger partial charge in [0.05, 0.1) is 0 Å². The molecule has 0 heterocycles. The monoisotopic (exact) mass is 270 g/mol. The summed E-state index contributed by atoms with van der Waals surface area (Å²) in [6.45, 7) is 2.05. The Kier molecular flexibility index (Phi) is 6.33. The zero-order valence-corrected chi connectivity index (χ0v) is 11.4. The number of hydrogen-bond donors (Lipinski definition) is 0. The topological polar surface area (TPSA) is 34.1 Å². The first-order chi connectivity index (χ1) is 9.21. The molecular weight excluding hydrogens is 256 g/mol. The van der Waals surface area contributed by atoms with Crippen LogP contribution in [0.5, 0.6) is 0 Å². The van der Waals surface area contributed by atoms with Crippen LogP contribution in [0.2, 0.25) is 0 Å². The Labute approximate surface area is 118 Å². The molecule has 0 atom stereocenters. The van der Waals surface area contributed by atoms with Crippen molar-refractivity contribution in [3.63, 3.8) is 0 Å². The Bertz CT molecular complexity index is 532. The molecule has 2 aromatic carbocycles. The lowest BCUT2D eigenvalue weighted by Gasteiger charge is -1.94. The van der Waals surface area contributed by atoms with Gasteiger partial charge in [-0.15, -0.1) is 0 Å². The van der Waals surface area contributed by atoms with Gasteiger partial charge in [-0.05, 0) is 18.1 Å². The summed E-state index contributed by atoms with van der Waals surface area (Å²) in [6, 6.07) is 14.5. The Morgan fingerprint density at radius 1 is 0.842 bits per heavy atom. The number of aryl methyl sites for hydroxylation is 1. The molecule has 2 rings (SSSR count). The maximum Gasteiger partial charge on any atom is 0.150 e. The van der Waals surface area contributed by atoms with Gasteiger partial charge in [0, 0.05) is 16.5 Å². The zero-order chi connectivity index (χ0) is 14.1. The van der Waals surface area contributed by atoms with Crippen molar-refractivity contribution in [3.05, 3.63) is 70.8 Å². The average Bonchev–Trinajstić information content (AvgIpc) is 2.48. The normalized spacial score (nSPS) is 8.89. The minimum atomic E-state index is 0.589. The van der Waals surface area contributed by atoms with Gasteiger partial charge in [0.15, 0.2) is 0 Å². The molecule has 19 heavy (non-hydrogen) atoms. The van der Waals surface area contributed by atoms with Crippen LogP contribution >= 0.6 is 12.2 Å². The molecule has 96 valence electrons. The van der Waals surface area contributed by atoms with Crippen molar-refractivity contribution < 1.29 is 9.59 Å². The largest absolute Gasteiger partial charge is 0.298 e. The number of carbonyl (C=O) groups excluding carboxylic acids is 2. The van der Waals surface area contributed by atoms with E-state index in [1.54, 1.807) is 29.6 Å². The molecule has 0 fully saturated rings.